The molecule has 0 atom stereocenters. The lowest BCUT2D eigenvalue weighted by molar-refractivity contribution is -0.141. The Balaban J connectivity index is 2.02. The van der Waals surface area contributed by atoms with Gasteiger partial charge >= 0.3 is 6.18 Å². The van der Waals surface area contributed by atoms with E-state index in [1.165, 1.54) is 24.3 Å². The van der Waals surface area contributed by atoms with E-state index in [4.69, 9.17) is 11.6 Å². The molecule has 1 aromatic heterocycles. The minimum atomic E-state index is -4.46. The molecule has 7 heteroatoms. The first-order valence-corrected chi connectivity index (χ1v) is 5.95. The molecule has 106 valence electrons. The van der Waals surface area contributed by atoms with Crippen LogP contribution < -0.4 is 5.32 Å². The number of rotatable bonds is 3. The topological polar surface area (TPSA) is 24.9 Å². The van der Waals surface area contributed by atoms with Crippen molar-refractivity contribution in [2.45, 2.75) is 12.7 Å². The maximum Gasteiger partial charge on any atom is 0.433 e. The van der Waals surface area contributed by atoms with Gasteiger partial charge in [0.1, 0.15) is 11.5 Å². The van der Waals surface area contributed by atoms with Gasteiger partial charge < -0.3 is 5.32 Å². The van der Waals surface area contributed by atoms with Crippen molar-refractivity contribution in [1.82, 2.24) is 4.98 Å². The third-order valence-electron chi connectivity index (χ3n) is 2.53. The monoisotopic (exact) mass is 304 g/mol. The van der Waals surface area contributed by atoms with Crippen LogP contribution in [0.2, 0.25) is 5.02 Å². The average molecular weight is 305 g/mol. The number of hydrogen-bond donors (Lipinski definition) is 1. The summed E-state index contributed by atoms with van der Waals surface area (Å²) in [5.74, 6) is -0.522. The van der Waals surface area contributed by atoms with E-state index in [-0.39, 0.29) is 5.02 Å². The van der Waals surface area contributed by atoms with E-state index in [0.717, 1.165) is 12.3 Å². The van der Waals surface area contributed by atoms with Gasteiger partial charge in [0.15, 0.2) is 0 Å². The summed E-state index contributed by atoms with van der Waals surface area (Å²) in [5, 5.41) is 2.87. The molecule has 2 aromatic rings. The summed E-state index contributed by atoms with van der Waals surface area (Å²) in [5.41, 5.74) is 0.183. The SMILES string of the molecule is Fc1ccc(CNc2ccc(C(F)(F)F)nc2)cc1Cl. The zero-order valence-corrected chi connectivity index (χ0v) is 10.8. The maximum absolute atomic E-state index is 12.9. The van der Waals surface area contributed by atoms with Crippen LogP contribution in [-0.2, 0) is 12.7 Å². The number of alkyl halides is 3. The first kappa shape index (κ1) is 14.6. The molecule has 0 unspecified atom stereocenters. The zero-order chi connectivity index (χ0) is 14.8. The molecule has 1 N–H and O–H groups in total. The minimum absolute atomic E-state index is 0.00477. The molecular weight excluding hydrogens is 296 g/mol. The Morgan fingerprint density at radius 3 is 2.45 bits per heavy atom. The van der Waals surface area contributed by atoms with Gasteiger partial charge in [0.2, 0.25) is 0 Å². The van der Waals surface area contributed by atoms with E-state index in [1.54, 1.807) is 0 Å². The van der Waals surface area contributed by atoms with Gasteiger partial charge in [-0.2, -0.15) is 13.2 Å². The normalized spacial score (nSPS) is 11.4. The lowest BCUT2D eigenvalue weighted by Crippen LogP contribution is -2.08. The first-order valence-electron chi connectivity index (χ1n) is 5.57. The number of pyridine rings is 1. The molecule has 0 aliphatic carbocycles. The van der Waals surface area contributed by atoms with Crippen molar-refractivity contribution in [2.24, 2.45) is 0 Å². The summed E-state index contributed by atoms with van der Waals surface area (Å²) in [7, 11) is 0. The molecule has 0 fully saturated rings. The van der Waals surface area contributed by atoms with Gasteiger partial charge in [0.05, 0.1) is 16.9 Å². The van der Waals surface area contributed by atoms with E-state index < -0.39 is 17.7 Å². The molecule has 20 heavy (non-hydrogen) atoms. The second-order valence-corrected chi connectivity index (χ2v) is 4.44. The van der Waals surface area contributed by atoms with Crippen LogP contribution >= 0.6 is 11.6 Å². The third kappa shape index (κ3) is 3.60. The Bertz CT molecular complexity index is 596. The third-order valence-corrected chi connectivity index (χ3v) is 2.82. The smallest absolute Gasteiger partial charge is 0.380 e. The molecule has 0 aliphatic heterocycles. The minimum Gasteiger partial charge on any atom is -0.380 e. The lowest BCUT2D eigenvalue weighted by Gasteiger charge is -2.09. The Hall–Kier alpha value is -1.82. The van der Waals surface area contributed by atoms with Crippen LogP contribution in [0, 0.1) is 5.82 Å². The average Bonchev–Trinajstić information content (AvgIpc) is 2.40. The highest BCUT2D eigenvalue weighted by Gasteiger charge is 2.31. The Morgan fingerprint density at radius 2 is 1.90 bits per heavy atom. The fourth-order valence-electron chi connectivity index (χ4n) is 1.52. The molecule has 0 spiro atoms. The van der Waals surface area contributed by atoms with Crippen molar-refractivity contribution < 1.29 is 17.6 Å². The van der Waals surface area contributed by atoms with Crippen LogP contribution in [0.1, 0.15) is 11.3 Å². The van der Waals surface area contributed by atoms with Crippen molar-refractivity contribution in [3.63, 3.8) is 0 Å². The van der Waals surface area contributed by atoms with Gasteiger partial charge in [0.25, 0.3) is 0 Å². The molecule has 1 aromatic carbocycles. The molecule has 0 radical (unpaired) electrons. The fourth-order valence-corrected chi connectivity index (χ4v) is 1.72. The standard InChI is InChI=1S/C13H9ClF4N2/c14-10-5-8(1-3-11(10)15)6-19-9-2-4-12(20-7-9)13(16,17)18/h1-5,7,19H,6H2. The highest BCUT2D eigenvalue weighted by atomic mass is 35.5. The second-order valence-electron chi connectivity index (χ2n) is 4.03. The Morgan fingerprint density at radius 1 is 1.15 bits per heavy atom. The summed E-state index contributed by atoms with van der Waals surface area (Å²) >= 11 is 5.63. The quantitative estimate of drug-likeness (QED) is 0.844. The van der Waals surface area contributed by atoms with E-state index in [1.807, 2.05) is 0 Å². The molecule has 0 amide bonds. The Kier molecular flexibility index (Phi) is 4.13. The van der Waals surface area contributed by atoms with Gasteiger partial charge in [-0.3, -0.25) is 0 Å². The van der Waals surface area contributed by atoms with Gasteiger partial charge in [-0.15, -0.1) is 0 Å². The summed E-state index contributed by atoms with van der Waals surface area (Å²) in [6.07, 6.45) is -3.36. The van der Waals surface area contributed by atoms with E-state index >= 15 is 0 Å². The predicted octanol–water partition coefficient (Wildman–Crippen LogP) is 4.51. The van der Waals surface area contributed by atoms with Gasteiger partial charge in [-0.25, -0.2) is 9.37 Å². The van der Waals surface area contributed by atoms with E-state index in [0.29, 0.717) is 17.8 Å². The predicted molar refractivity (Wildman–Crippen MR) is 68.0 cm³/mol. The van der Waals surface area contributed by atoms with Crippen molar-refractivity contribution in [3.05, 3.63) is 58.6 Å². The summed E-state index contributed by atoms with van der Waals surface area (Å²) in [6.45, 7) is 0.299. The van der Waals surface area contributed by atoms with Crippen LogP contribution in [0.15, 0.2) is 36.5 Å². The number of halogens is 5. The van der Waals surface area contributed by atoms with Crippen LogP contribution in [0.3, 0.4) is 0 Å². The number of anilines is 1. The number of benzene rings is 1. The van der Waals surface area contributed by atoms with Crippen LogP contribution in [0.4, 0.5) is 23.2 Å². The molecule has 0 saturated heterocycles. The first-order chi connectivity index (χ1) is 9.36. The van der Waals surface area contributed by atoms with Gasteiger partial charge in [0, 0.05) is 6.54 Å². The fraction of sp³-hybridized carbons (Fsp3) is 0.154. The zero-order valence-electron chi connectivity index (χ0n) is 10.0. The van der Waals surface area contributed by atoms with Crippen molar-refractivity contribution >= 4 is 17.3 Å². The highest BCUT2D eigenvalue weighted by molar-refractivity contribution is 6.30. The molecule has 2 rings (SSSR count). The molecule has 0 saturated carbocycles. The van der Waals surface area contributed by atoms with Crippen molar-refractivity contribution in [3.8, 4) is 0 Å². The molecule has 0 bridgehead atoms. The van der Waals surface area contributed by atoms with E-state index in [9.17, 15) is 17.6 Å². The number of nitrogens with one attached hydrogen (secondary N) is 1. The van der Waals surface area contributed by atoms with Gasteiger partial charge in [-0.1, -0.05) is 17.7 Å². The van der Waals surface area contributed by atoms with Crippen LogP contribution in [0.25, 0.3) is 0 Å². The second kappa shape index (κ2) is 5.66. The summed E-state index contributed by atoms with van der Waals surface area (Å²) in [4.78, 5) is 3.32. The largest absolute Gasteiger partial charge is 0.433 e. The number of hydrogen-bond acceptors (Lipinski definition) is 2. The molecular formula is C13H9ClF4N2. The molecule has 1 heterocycles. The summed E-state index contributed by atoms with van der Waals surface area (Å²) < 4.78 is 49.9. The number of nitrogens with zero attached hydrogens (tertiary/aromatic N) is 1. The van der Waals surface area contributed by atoms with Crippen LogP contribution in [-0.4, -0.2) is 4.98 Å². The summed E-state index contributed by atoms with van der Waals surface area (Å²) in [6, 6.07) is 6.37. The lowest BCUT2D eigenvalue weighted by atomic mass is 10.2. The van der Waals surface area contributed by atoms with E-state index in [2.05, 4.69) is 10.3 Å². The van der Waals surface area contributed by atoms with Gasteiger partial charge in [-0.05, 0) is 29.8 Å². The Labute approximate surface area is 117 Å². The number of aromatic nitrogens is 1. The highest BCUT2D eigenvalue weighted by Crippen LogP contribution is 2.27. The van der Waals surface area contributed by atoms with Crippen molar-refractivity contribution in [1.29, 1.82) is 0 Å². The van der Waals surface area contributed by atoms with Crippen LogP contribution in [0.5, 0.6) is 0 Å². The maximum atomic E-state index is 12.9. The molecule has 2 nitrogen and oxygen atoms in total. The molecule has 0 aliphatic rings. The van der Waals surface area contributed by atoms with Crippen molar-refractivity contribution in [2.75, 3.05) is 5.32 Å².